The first kappa shape index (κ1) is 29.4. The number of nitrogens with two attached hydrogens (primary N) is 1. The summed E-state index contributed by atoms with van der Waals surface area (Å²) in [5.74, 6) is -5.05. The van der Waals surface area contributed by atoms with Crippen LogP contribution in [0.5, 0.6) is 5.75 Å². The second-order valence-corrected chi connectivity index (χ2v) is 12.0. The van der Waals surface area contributed by atoms with Crippen molar-refractivity contribution < 1.29 is 41.4 Å². The molecule has 4 aromatic rings. The summed E-state index contributed by atoms with van der Waals surface area (Å²) < 4.78 is 62.4. The van der Waals surface area contributed by atoms with E-state index < -0.39 is 49.9 Å². The van der Waals surface area contributed by atoms with Crippen molar-refractivity contribution in [1.29, 1.82) is 0 Å². The SMILES string of the molecule is COc1cc(C(N)=O)c(C(=O)Nc2n[nH]c3c2CN(S(=O)(=O)c2cc(F)cc(F)c2)C3(C)C)cc1-n1ccc(C(=O)O)c1. The van der Waals surface area contributed by atoms with E-state index in [1.165, 1.54) is 42.3 Å². The number of sulfonamides is 1. The lowest BCUT2D eigenvalue weighted by Crippen LogP contribution is -2.40. The van der Waals surface area contributed by atoms with E-state index in [1.807, 2.05) is 0 Å². The van der Waals surface area contributed by atoms with E-state index in [-0.39, 0.29) is 46.1 Å². The number of H-pyrrole nitrogens is 1. The Morgan fingerprint density at radius 2 is 1.79 bits per heavy atom. The summed E-state index contributed by atoms with van der Waals surface area (Å²) in [5.41, 5.74) is 4.64. The molecule has 0 radical (unpaired) electrons. The zero-order valence-electron chi connectivity index (χ0n) is 22.8. The van der Waals surface area contributed by atoms with Gasteiger partial charge in [-0.3, -0.25) is 14.7 Å². The number of benzene rings is 2. The van der Waals surface area contributed by atoms with Crippen LogP contribution in [0.25, 0.3) is 5.69 Å². The fourth-order valence-electron chi connectivity index (χ4n) is 4.96. The number of aromatic amines is 1. The van der Waals surface area contributed by atoms with Crippen LogP contribution in [0.2, 0.25) is 0 Å². The third-order valence-electron chi connectivity index (χ3n) is 7.11. The van der Waals surface area contributed by atoms with Crippen molar-refractivity contribution in [1.82, 2.24) is 19.1 Å². The van der Waals surface area contributed by atoms with Gasteiger partial charge in [-0.2, -0.15) is 9.40 Å². The van der Waals surface area contributed by atoms with Crippen LogP contribution in [0.1, 0.15) is 56.2 Å². The van der Waals surface area contributed by atoms with E-state index in [9.17, 15) is 36.7 Å². The van der Waals surface area contributed by atoms with E-state index in [4.69, 9.17) is 10.5 Å². The molecular weight excluding hydrogens is 590 g/mol. The Balaban J connectivity index is 1.51. The average Bonchev–Trinajstić information content (AvgIpc) is 3.64. The number of carbonyl (C=O) groups is 3. The van der Waals surface area contributed by atoms with Crippen molar-refractivity contribution in [3.8, 4) is 11.4 Å². The molecule has 224 valence electrons. The number of carboxylic acids is 1. The number of nitrogens with zero attached hydrogens (tertiary/aromatic N) is 3. The van der Waals surface area contributed by atoms with Crippen LogP contribution in [0.15, 0.2) is 53.7 Å². The van der Waals surface area contributed by atoms with Gasteiger partial charge in [0.1, 0.15) is 17.4 Å². The number of rotatable bonds is 8. The number of nitrogens with one attached hydrogen (secondary N) is 2. The maximum absolute atomic E-state index is 13.9. The number of amides is 2. The lowest BCUT2D eigenvalue weighted by Gasteiger charge is -2.30. The number of carboxylic acid groups (broad SMARTS) is 1. The van der Waals surface area contributed by atoms with Crippen LogP contribution in [0.4, 0.5) is 14.6 Å². The summed E-state index contributed by atoms with van der Waals surface area (Å²) in [4.78, 5) is 36.6. The summed E-state index contributed by atoms with van der Waals surface area (Å²) in [6.07, 6.45) is 2.71. The van der Waals surface area contributed by atoms with Gasteiger partial charge in [0.2, 0.25) is 15.9 Å². The molecule has 0 atom stereocenters. The lowest BCUT2D eigenvalue weighted by atomic mass is 10.0. The fourth-order valence-corrected chi connectivity index (χ4v) is 6.73. The summed E-state index contributed by atoms with van der Waals surface area (Å²) in [5, 5.41) is 18.7. The topological polar surface area (TPSA) is 190 Å². The van der Waals surface area contributed by atoms with Crippen molar-refractivity contribution >= 4 is 33.6 Å². The molecule has 0 unspecified atom stereocenters. The molecule has 0 fully saturated rings. The first-order valence-electron chi connectivity index (χ1n) is 12.5. The Kier molecular flexibility index (Phi) is 7.06. The van der Waals surface area contributed by atoms with Gasteiger partial charge in [-0.1, -0.05) is 0 Å². The van der Waals surface area contributed by atoms with Gasteiger partial charge in [-0.25, -0.2) is 22.0 Å². The highest BCUT2D eigenvalue weighted by Gasteiger charge is 2.48. The third kappa shape index (κ3) is 4.99. The molecule has 0 saturated carbocycles. The Morgan fingerprint density at radius 1 is 1.12 bits per heavy atom. The number of hydrogen-bond acceptors (Lipinski definition) is 7. The van der Waals surface area contributed by atoms with Crippen molar-refractivity contribution in [2.75, 3.05) is 12.4 Å². The number of ether oxygens (including phenoxy) is 1. The van der Waals surface area contributed by atoms with Gasteiger partial charge in [0.05, 0.1) is 45.6 Å². The second kappa shape index (κ2) is 10.3. The van der Waals surface area contributed by atoms with E-state index in [0.717, 1.165) is 4.31 Å². The quantitative estimate of drug-likeness (QED) is 0.233. The zero-order valence-corrected chi connectivity index (χ0v) is 23.6. The van der Waals surface area contributed by atoms with Crippen molar-refractivity contribution in [3.63, 3.8) is 0 Å². The molecular formula is C27H24F2N6O7S. The van der Waals surface area contributed by atoms with Crippen LogP contribution in [-0.2, 0) is 22.1 Å². The number of carbonyl (C=O) groups excluding carboxylic acids is 2. The van der Waals surface area contributed by atoms with Gasteiger partial charge in [-0.05, 0) is 44.2 Å². The highest BCUT2D eigenvalue weighted by molar-refractivity contribution is 7.89. The van der Waals surface area contributed by atoms with Crippen molar-refractivity contribution in [2.24, 2.45) is 5.73 Å². The molecule has 2 amide bonds. The molecule has 1 aliphatic rings. The lowest BCUT2D eigenvalue weighted by molar-refractivity contribution is 0.0696. The minimum atomic E-state index is -4.42. The summed E-state index contributed by atoms with van der Waals surface area (Å²) in [6, 6.07) is 5.82. The van der Waals surface area contributed by atoms with Crippen molar-refractivity contribution in [2.45, 2.75) is 30.8 Å². The Labute approximate surface area is 242 Å². The van der Waals surface area contributed by atoms with Gasteiger partial charge in [-0.15, -0.1) is 0 Å². The minimum absolute atomic E-state index is 0.0396. The van der Waals surface area contributed by atoms with Gasteiger partial charge < -0.3 is 25.5 Å². The predicted molar refractivity (Wildman–Crippen MR) is 146 cm³/mol. The molecule has 0 saturated heterocycles. The number of halogens is 2. The van der Waals surface area contributed by atoms with E-state index in [0.29, 0.717) is 23.9 Å². The maximum atomic E-state index is 13.9. The van der Waals surface area contributed by atoms with Crippen LogP contribution in [-0.4, -0.2) is 57.5 Å². The molecule has 43 heavy (non-hydrogen) atoms. The first-order chi connectivity index (χ1) is 20.1. The highest BCUT2D eigenvalue weighted by Crippen LogP contribution is 2.44. The van der Waals surface area contributed by atoms with Gasteiger partial charge in [0.15, 0.2) is 5.82 Å². The number of aromatic nitrogens is 3. The van der Waals surface area contributed by atoms with Crippen LogP contribution >= 0.6 is 0 Å². The molecule has 0 bridgehead atoms. The summed E-state index contributed by atoms with van der Waals surface area (Å²) in [6.45, 7) is 2.80. The molecule has 2 aromatic heterocycles. The first-order valence-corrected chi connectivity index (χ1v) is 13.9. The molecule has 16 heteroatoms. The maximum Gasteiger partial charge on any atom is 0.337 e. The van der Waals surface area contributed by atoms with Crippen LogP contribution in [0.3, 0.4) is 0 Å². The average molecular weight is 615 g/mol. The number of hydrogen-bond donors (Lipinski definition) is 4. The van der Waals surface area contributed by atoms with Crippen LogP contribution in [0, 0.1) is 11.6 Å². The smallest absolute Gasteiger partial charge is 0.337 e. The molecule has 5 rings (SSSR count). The van der Waals surface area contributed by atoms with Gasteiger partial charge in [0, 0.05) is 30.6 Å². The van der Waals surface area contributed by atoms with Gasteiger partial charge >= 0.3 is 5.97 Å². The monoisotopic (exact) mass is 614 g/mol. The summed E-state index contributed by atoms with van der Waals surface area (Å²) >= 11 is 0. The number of fused-ring (bicyclic) bond motifs is 1. The van der Waals surface area contributed by atoms with E-state index >= 15 is 0 Å². The number of primary amides is 1. The third-order valence-corrected chi connectivity index (χ3v) is 9.10. The molecule has 1 aliphatic heterocycles. The number of methoxy groups -OCH3 is 1. The minimum Gasteiger partial charge on any atom is -0.495 e. The Hall–Kier alpha value is -5.09. The molecule has 13 nitrogen and oxygen atoms in total. The summed E-state index contributed by atoms with van der Waals surface area (Å²) in [7, 11) is -3.10. The fraction of sp³-hybridized carbons (Fsp3) is 0.185. The van der Waals surface area contributed by atoms with Crippen LogP contribution < -0.4 is 15.8 Å². The number of aromatic carboxylic acids is 1. The van der Waals surface area contributed by atoms with Crippen molar-refractivity contribution in [3.05, 3.63) is 88.4 Å². The number of anilines is 1. The molecule has 5 N–H and O–H groups in total. The zero-order chi connectivity index (χ0) is 31.4. The standard InChI is InChI=1S/C27H24F2N6O7S/c1-27(2)22-19(12-35(27)43(40,41)16-7-14(28)6-15(29)8-16)24(33-32-22)31-25(37)18-9-20(21(42-3)10-17(18)23(30)36)34-5-4-13(11-34)26(38)39/h4-11H,12H2,1-3H3,(H2,30,36)(H,38,39)(H2,31,32,33,37). The Bertz CT molecular complexity index is 1910. The molecule has 0 spiro atoms. The largest absolute Gasteiger partial charge is 0.495 e. The molecule has 0 aliphatic carbocycles. The predicted octanol–water partition coefficient (Wildman–Crippen LogP) is 2.98. The normalized spacial score (nSPS) is 14.3. The van der Waals surface area contributed by atoms with E-state index in [1.54, 1.807) is 13.8 Å². The second-order valence-electron chi connectivity index (χ2n) is 10.1. The highest BCUT2D eigenvalue weighted by atomic mass is 32.2. The molecule has 2 aromatic carbocycles. The Morgan fingerprint density at radius 3 is 2.37 bits per heavy atom. The van der Waals surface area contributed by atoms with E-state index in [2.05, 4.69) is 15.5 Å². The molecule has 3 heterocycles. The van der Waals surface area contributed by atoms with Gasteiger partial charge in [0.25, 0.3) is 5.91 Å².